The normalized spacial score (nSPS) is 10.6. The minimum atomic E-state index is -1.58. The molecule has 0 aliphatic heterocycles. The van der Waals surface area contributed by atoms with Crippen molar-refractivity contribution in [3.8, 4) is 5.75 Å². The van der Waals surface area contributed by atoms with Crippen LogP contribution in [-0.2, 0) is 0 Å². The minimum Gasteiger partial charge on any atom is -0.494 e. The van der Waals surface area contributed by atoms with Gasteiger partial charge in [0.05, 0.1) is 6.61 Å². The molecule has 0 radical (unpaired) electrons. The van der Waals surface area contributed by atoms with Crippen LogP contribution in [0.15, 0.2) is 28.7 Å². The van der Waals surface area contributed by atoms with Gasteiger partial charge in [-0.3, -0.25) is 0 Å². The first kappa shape index (κ1) is 10.1. The van der Waals surface area contributed by atoms with E-state index < -0.39 is 7.12 Å². The highest BCUT2D eigenvalue weighted by Gasteiger charge is 2.16. The lowest BCUT2D eigenvalue weighted by atomic mass is 9.88. The van der Waals surface area contributed by atoms with Crippen molar-refractivity contribution >= 4 is 23.7 Å². The molecule has 0 atom stereocenters. The molecule has 2 aromatic rings. The first-order valence-corrected chi connectivity index (χ1v) is 4.73. The number of ether oxygens (including phenoxy) is 1. The SMILES string of the molecule is CCOc1ccc2oc(B(O)O)cc2c1. The minimum absolute atomic E-state index is 0.138. The Hall–Kier alpha value is -1.46. The molecule has 0 aliphatic carbocycles. The monoisotopic (exact) mass is 206 g/mol. The number of fused-ring (bicyclic) bond motifs is 1. The molecule has 5 heteroatoms. The number of furan rings is 1. The lowest BCUT2D eigenvalue weighted by molar-refractivity contribution is 0.340. The number of hydrogen-bond donors (Lipinski definition) is 2. The molecule has 0 saturated carbocycles. The van der Waals surface area contributed by atoms with Crippen LogP contribution in [-0.4, -0.2) is 23.8 Å². The van der Waals surface area contributed by atoms with Crippen LogP contribution in [0.5, 0.6) is 5.75 Å². The number of hydrogen-bond acceptors (Lipinski definition) is 4. The average Bonchev–Trinajstić information content (AvgIpc) is 2.61. The van der Waals surface area contributed by atoms with Gasteiger partial charge in [0, 0.05) is 5.39 Å². The van der Waals surface area contributed by atoms with E-state index >= 15 is 0 Å². The molecular weight excluding hydrogens is 195 g/mol. The second kappa shape index (κ2) is 3.96. The van der Waals surface area contributed by atoms with Crippen LogP contribution in [0, 0.1) is 0 Å². The second-order valence-electron chi connectivity index (χ2n) is 3.16. The van der Waals surface area contributed by atoms with Crippen LogP contribution in [0.3, 0.4) is 0 Å². The van der Waals surface area contributed by atoms with E-state index in [4.69, 9.17) is 19.2 Å². The maximum absolute atomic E-state index is 8.93. The molecule has 78 valence electrons. The molecule has 0 bridgehead atoms. The summed E-state index contributed by atoms with van der Waals surface area (Å²) in [5.74, 6) is 0.741. The molecule has 2 rings (SSSR count). The fourth-order valence-electron chi connectivity index (χ4n) is 1.43. The summed E-state index contributed by atoms with van der Waals surface area (Å²) in [6.45, 7) is 2.50. The maximum atomic E-state index is 8.93. The van der Waals surface area contributed by atoms with Gasteiger partial charge in [-0.25, -0.2) is 0 Å². The van der Waals surface area contributed by atoms with E-state index in [0.29, 0.717) is 12.2 Å². The zero-order valence-electron chi connectivity index (χ0n) is 8.30. The zero-order chi connectivity index (χ0) is 10.8. The molecule has 0 aliphatic rings. The third-order valence-corrected chi connectivity index (χ3v) is 2.07. The van der Waals surface area contributed by atoms with E-state index in [2.05, 4.69) is 0 Å². The van der Waals surface area contributed by atoms with Gasteiger partial charge >= 0.3 is 7.12 Å². The van der Waals surface area contributed by atoms with Gasteiger partial charge in [0.15, 0.2) is 0 Å². The van der Waals surface area contributed by atoms with Crippen molar-refractivity contribution in [2.45, 2.75) is 6.92 Å². The highest BCUT2D eigenvalue weighted by Crippen LogP contribution is 2.20. The molecule has 15 heavy (non-hydrogen) atoms. The van der Waals surface area contributed by atoms with Crippen molar-refractivity contribution < 1.29 is 19.2 Å². The summed E-state index contributed by atoms with van der Waals surface area (Å²) in [5, 5.41) is 18.7. The van der Waals surface area contributed by atoms with Gasteiger partial charge in [-0.05, 0) is 31.2 Å². The molecule has 0 spiro atoms. The van der Waals surface area contributed by atoms with E-state index in [9.17, 15) is 0 Å². The molecule has 1 aromatic carbocycles. The van der Waals surface area contributed by atoms with Crippen LogP contribution in [0.4, 0.5) is 0 Å². The summed E-state index contributed by atoms with van der Waals surface area (Å²) in [4.78, 5) is 0. The van der Waals surface area contributed by atoms with Crippen LogP contribution in [0.2, 0.25) is 0 Å². The quantitative estimate of drug-likeness (QED) is 0.718. The first-order valence-electron chi connectivity index (χ1n) is 4.73. The van der Waals surface area contributed by atoms with E-state index in [0.717, 1.165) is 11.1 Å². The van der Waals surface area contributed by atoms with Crippen molar-refractivity contribution in [2.24, 2.45) is 0 Å². The first-order chi connectivity index (χ1) is 7.20. The summed E-state index contributed by atoms with van der Waals surface area (Å²) >= 11 is 0. The second-order valence-corrected chi connectivity index (χ2v) is 3.16. The van der Waals surface area contributed by atoms with Gasteiger partial charge in [0.2, 0.25) is 0 Å². The molecule has 1 heterocycles. The molecule has 4 nitrogen and oxygen atoms in total. The highest BCUT2D eigenvalue weighted by molar-refractivity contribution is 6.57. The lowest BCUT2D eigenvalue weighted by Gasteiger charge is -2.00. The fourth-order valence-corrected chi connectivity index (χ4v) is 1.43. The van der Waals surface area contributed by atoms with Crippen molar-refractivity contribution in [1.82, 2.24) is 0 Å². The maximum Gasteiger partial charge on any atom is 0.526 e. The summed E-state index contributed by atoms with van der Waals surface area (Å²) in [7, 11) is -1.58. The molecule has 0 saturated heterocycles. The largest absolute Gasteiger partial charge is 0.526 e. The van der Waals surface area contributed by atoms with Crippen molar-refractivity contribution in [1.29, 1.82) is 0 Å². The summed E-state index contributed by atoms with van der Waals surface area (Å²) < 4.78 is 10.5. The third-order valence-electron chi connectivity index (χ3n) is 2.07. The fraction of sp³-hybridized carbons (Fsp3) is 0.200. The summed E-state index contributed by atoms with van der Waals surface area (Å²) in [5.41, 5.74) is 0.750. The molecule has 0 unspecified atom stereocenters. The number of rotatable bonds is 3. The van der Waals surface area contributed by atoms with Crippen LogP contribution in [0.25, 0.3) is 11.0 Å². The van der Waals surface area contributed by atoms with Gasteiger partial charge in [0.1, 0.15) is 17.0 Å². The Labute approximate surface area is 87.2 Å². The lowest BCUT2D eigenvalue weighted by Crippen LogP contribution is -2.27. The van der Waals surface area contributed by atoms with Gasteiger partial charge in [-0.2, -0.15) is 0 Å². The van der Waals surface area contributed by atoms with Gasteiger partial charge < -0.3 is 19.2 Å². The van der Waals surface area contributed by atoms with E-state index in [1.165, 1.54) is 0 Å². The highest BCUT2D eigenvalue weighted by atomic mass is 16.5. The third kappa shape index (κ3) is 1.98. The topological polar surface area (TPSA) is 62.8 Å². The Balaban J connectivity index is 2.43. The Morgan fingerprint density at radius 3 is 2.80 bits per heavy atom. The predicted octanol–water partition coefficient (Wildman–Crippen LogP) is 0.511. The molecule has 2 N–H and O–H groups in total. The summed E-state index contributed by atoms with van der Waals surface area (Å²) in [6.07, 6.45) is 0. The van der Waals surface area contributed by atoms with Crippen molar-refractivity contribution in [3.63, 3.8) is 0 Å². The van der Waals surface area contributed by atoms with Gasteiger partial charge in [-0.1, -0.05) is 0 Å². The van der Waals surface area contributed by atoms with Gasteiger partial charge in [-0.15, -0.1) is 0 Å². The Kier molecular flexibility index (Phi) is 2.66. The van der Waals surface area contributed by atoms with Crippen LogP contribution >= 0.6 is 0 Å². The van der Waals surface area contributed by atoms with E-state index in [1.807, 2.05) is 6.92 Å². The number of benzene rings is 1. The van der Waals surface area contributed by atoms with Crippen LogP contribution in [0.1, 0.15) is 6.92 Å². The Bertz CT molecular complexity index is 463. The molecule has 0 fully saturated rings. The summed E-state index contributed by atoms with van der Waals surface area (Å²) in [6, 6.07) is 6.91. The molecule has 0 amide bonds. The molecule has 1 aromatic heterocycles. The zero-order valence-corrected chi connectivity index (χ0v) is 8.30. The van der Waals surface area contributed by atoms with Crippen molar-refractivity contribution in [3.05, 3.63) is 24.3 Å². The predicted molar refractivity (Wildman–Crippen MR) is 57.2 cm³/mol. The average molecular weight is 206 g/mol. The van der Waals surface area contributed by atoms with Gasteiger partial charge in [0.25, 0.3) is 0 Å². The standard InChI is InChI=1S/C10H11BO4/c1-2-14-8-3-4-9-7(5-8)6-10(15-9)11(12)13/h3-6,12-13H,2H2,1H3. The van der Waals surface area contributed by atoms with Crippen LogP contribution < -0.4 is 10.4 Å². The molecular formula is C10H11BO4. The smallest absolute Gasteiger partial charge is 0.494 e. The van der Waals surface area contributed by atoms with Crippen molar-refractivity contribution in [2.75, 3.05) is 6.61 Å². The van der Waals surface area contributed by atoms with E-state index in [1.54, 1.807) is 24.3 Å². The Morgan fingerprint density at radius 1 is 1.33 bits per heavy atom. The van der Waals surface area contributed by atoms with E-state index in [-0.39, 0.29) is 5.66 Å². The Morgan fingerprint density at radius 2 is 2.13 bits per heavy atom.